The van der Waals surface area contributed by atoms with Crippen molar-refractivity contribution in [1.29, 1.82) is 0 Å². The Morgan fingerprint density at radius 2 is 2.25 bits per heavy atom. The number of anilines is 1. The quantitative estimate of drug-likeness (QED) is 0.769. The van der Waals surface area contributed by atoms with E-state index in [4.69, 9.17) is 0 Å². The molecule has 3 heterocycles. The number of fused-ring (bicyclic) bond motifs is 1. The van der Waals surface area contributed by atoms with Gasteiger partial charge < -0.3 is 5.32 Å². The van der Waals surface area contributed by atoms with E-state index < -0.39 is 0 Å². The molecule has 0 fully saturated rings. The molecular formula is C13H15N5OS. The molecule has 104 valence electrons. The molecule has 0 aromatic carbocycles. The number of aromatic amines is 1. The molecular weight excluding hydrogens is 274 g/mol. The highest BCUT2D eigenvalue weighted by atomic mass is 32.1. The van der Waals surface area contributed by atoms with Gasteiger partial charge in [0.15, 0.2) is 5.65 Å². The summed E-state index contributed by atoms with van der Waals surface area (Å²) in [4.78, 5) is 12.8. The van der Waals surface area contributed by atoms with E-state index in [-0.39, 0.29) is 11.1 Å². The van der Waals surface area contributed by atoms with Gasteiger partial charge in [-0.2, -0.15) is 9.61 Å². The fourth-order valence-electron chi connectivity index (χ4n) is 1.96. The maximum Gasteiger partial charge on any atom is 0.364 e. The Balaban J connectivity index is 1.80. The van der Waals surface area contributed by atoms with Crippen molar-refractivity contribution < 1.29 is 0 Å². The molecule has 0 spiro atoms. The van der Waals surface area contributed by atoms with E-state index in [1.807, 2.05) is 6.07 Å². The summed E-state index contributed by atoms with van der Waals surface area (Å²) >= 11 is 1.74. The predicted octanol–water partition coefficient (Wildman–Crippen LogP) is 1.87. The van der Waals surface area contributed by atoms with Crippen LogP contribution in [-0.4, -0.2) is 26.4 Å². The standard InChI is InChI=1S/C13H15N5OS/c1-13(2,9-4-3-7-20-9)8-14-10-5-6-11-15-16-12(19)18(11)17-10/h3-7H,8H2,1-2H3,(H,14,17)(H,16,19). The van der Waals surface area contributed by atoms with Crippen molar-refractivity contribution in [2.45, 2.75) is 19.3 Å². The maximum atomic E-state index is 11.5. The first-order chi connectivity index (χ1) is 9.56. The smallest absolute Gasteiger partial charge is 0.364 e. The van der Waals surface area contributed by atoms with Crippen LogP contribution in [-0.2, 0) is 5.41 Å². The van der Waals surface area contributed by atoms with Gasteiger partial charge in [0.25, 0.3) is 0 Å². The third-order valence-electron chi connectivity index (χ3n) is 3.17. The van der Waals surface area contributed by atoms with E-state index in [2.05, 4.69) is 52.0 Å². The Kier molecular flexibility index (Phi) is 3.06. The van der Waals surface area contributed by atoms with Crippen LogP contribution in [0.25, 0.3) is 5.65 Å². The lowest BCUT2D eigenvalue weighted by molar-refractivity contribution is 0.567. The first-order valence-electron chi connectivity index (χ1n) is 6.29. The van der Waals surface area contributed by atoms with Gasteiger partial charge in [-0.25, -0.2) is 9.89 Å². The molecule has 0 saturated heterocycles. The summed E-state index contributed by atoms with van der Waals surface area (Å²) in [5, 5.41) is 15.8. The predicted molar refractivity (Wildman–Crippen MR) is 79.4 cm³/mol. The van der Waals surface area contributed by atoms with Crippen LogP contribution in [0.4, 0.5) is 5.82 Å². The van der Waals surface area contributed by atoms with E-state index in [1.165, 1.54) is 9.39 Å². The van der Waals surface area contributed by atoms with Crippen molar-refractivity contribution in [2.24, 2.45) is 0 Å². The van der Waals surface area contributed by atoms with Gasteiger partial charge in [-0.1, -0.05) is 19.9 Å². The van der Waals surface area contributed by atoms with Crippen molar-refractivity contribution in [1.82, 2.24) is 19.8 Å². The number of hydrogen-bond acceptors (Lipinski definition) is 5. The lowest BCUT2D eigenvalue weighted by Gasteiger charge is -2.23. The van der Waals surface area contributed by atoms with Crippen molar-refractivity contribution in [3.8, 4) is 0 Å². The van der Waals surface area contributed by atoms with Crippen LogP contribution >= 0.6 is 11.3 Å². The largest absolute Gasteiger partial charge is 0.368 e. The normalized spacial score (nSPS) is 11.9. The lowest BCUT2D eigenvalue weighted by Crippen LogP contribution is -2.27. The Hall–Kier alpha value is -2.15. The van der Waals surface area contributed by atoms with Crippen molar-refractivity contribution in [3.05, 3.63) is 45.0 Å². The summed E-state index contributed by atoms with van der Waals surface area (Å²) in [5.41, 5.74) is 0.186. The Bertz CT molecular complexity index is 772. The monoisotopic (exact) mass is 289 g/mol. The third-order valence-corrected chi connectivity index (χ3v) is 4.41. The summed E-state index contributed by atoms with van der Waals surface area (Å²) < 4.78 is 1.25. The van der Waals surface area contributed by atoms with Gasteiger partial charge in [-0.3, -0.25) is 0 Å². The molecule has 0 aliphatic rings. The number of hydrogen-bond donors (Lipinski definition) is 2. The van der Waals surface area contributed by atoms with Gasteiger partial charge in [0, 0.05) is 16.8 Å². The van der Waals surface area contributed by atoms with Crippen molar-refractivity contribution in [2.75, 3.05) is 11.9 Å². The molecule has 20 heavy (non-hydrogen) atoms. The summed E-state index contributed by atoms with van der Waals surface area (Å²) in [6, 6.07) is 7.76. The molecule has 0 aliphatic carbocycles. The Labute approximate surface area is 119 Å². The van der Waals surface area contributed by atoms with Crippen LogP contribution in [0.1, 0.15) is 18.7 Å². The van der Waals surface area contributed by atoms with E-state index in [1.54, 1.807) is 17.4 Å². The average molecular weight is 289 g/mol. The van der Waals surface area contributed by atoms with E-state index in [0.717, 1.165) is 6.54 Å². The minimum Gasteiger partial charge on any atom is -0.368 e. The van der Waals surface area contributed by atoms with E-state index >= 15 is 0 Å². The van der Waals surface area contributed by atoms with Crippen LogP contribution < -0.4 is 11.0 Å². The van der Waals surface area contributed by atoms with E-state index in [0.29, 0.717) is 11.5 Å². The third kappa shape index (κ3) is 2.32. The Morgan fingerprint density at radius 1 is 1.40 bits per heavy atom. The van der Waals surface area contributed by atoms with Crippen LogP contribution in [0.15, 0.2) is 34.4 Å². The van der Waals surface area contributed by atoms with Crippen LogP contribution in [0.3, 0.4) is 0 Å². The summed E-state index contributed by atoms with van der Waals surface area (Å²) in [6.45, 7) is 5.08. The molecule has 0 radical (unpaired) electrons. The highest BCUT2D eigenvalue weighted by Crippen LogP contribution is 2.27. The number of thiophene rings is 1. The second-order valence-electron chi connectivity index (χ2n) is 5.23. The zero-order valence-corrected chi connectivity index (χ0v) is 12.1. The molecule has 0 bridgehead atoms. The molecule has 6 nitrogen and oxygen atoms in total. The van der Waals surface area contributed by atoms with Crippen molar-refractivity contribution >= 4 is 22.8 Å². The average Bonchev–Trinajstić information content (AvgIpc) is 3.07. The molecule has 0 aliphatic heterocycles. The highest BCUT2D eigenvalue weighted by Gasteiger charge is 2.21. The summed E-state index contributed by atoms with van der Waals surface area (Å²) in [6.07, 6.45) is 0. The van der Waals surface area contributed by atoms with Gasteiger partial charge in [0.05, 0.1) is 0 Å². The Morgan fingerprint density at radius 3 is 3.00 bits per heavy atom. The number of H-pyrrole nitrogens is 1. The highest BCUT2D eigenvalue weighted by molar-refractivity contribution is 7.10. The maximum absolute atomic E-state index is 11.5. The first kappa shape index (κ1) is 12.9. The number of aromatic nitrogens is 4. The molecule has 0 atom stereocenters. The zero-order valence-electron chi connectivity index (χ0n) is 11.3. The molecule has 0 amide bonds. The molecule has 3 aromatic rings. The van der Waals surface area contributed by atoms with Gasteiger partial charge in [0.1, 0.15) is 5.82 Å². The van der Waals surface area contributed by atoms with Gasteiger partial charge in [-0.05, 0) is 23.6 Å². The topological polar surface area (TPSA) is 75.1 Å². The van der Waals surface area contributed by atoms with Crippen molar-refractivity contribution in [3.63, 3.8) is 0 Å². The number of rotatable bonds is 4. The van der Waals surface area contributed by atoms with Gasteiger partial charge >= 0.3 is 5.69 Å². The second kappa shape index (κ2) is 4.75. The number of nitrogens with zero attached hydrogens (tertiary/aromatic N) is 3. The van der Waals surface area contributed by atoms with Gasteiger partial charge in [0.2, 0.25) is 0 Å². The fourth-order valence-corrected chi connectivity index (χ4v) is 2.81. The molecule has 7 heteroatoms. The first-order valence-corrected chi connectivity index (χ1v) is 7.16. The molecule has 0 unspecified atom stereocenters. The fraction of sp³-hybridized carbons (Fsp3) is 0.308. The number of nitrogens with one attached hydrogen (secondary N) is 2. The second-order valence-corrected chi connectivity index (χ2v) is 6.18. The minimum atomic E-state index is -0.332. The lowest BCUT2D eigenvalue weighted by atomic mass is 9.91. The van der Waals surface area contributed by atoms with Crippen LogP contribution in [0, 0.1) is 0 Å². The van der Waals surface area contributed by atoms with Gasteiger partial charge in [-0.15, -0.1) is 16.4 Å². The molecule has 3 aromatic heterocycles. The molecule has 3 rings (SSSR count). The SMILES string of the molecule is CC(C)(CNc1ccc2n[nH]c(=O)n2n1)c1cccs1. The van der Waals surface area contributed by atoms with Crippen LogP contribution in [0.2, 0.25) is 0 Å². The summed E-state index contributed by atoms with van der Waals surface area (Å²) in [5.74, 6) is 0.658. The molecule has 0 saturated carbocycles. The minimum absolute atomic E-state index is 0.00611. The van der Waals surface area contributed by atoms with E-state index in [9.17, 15) is 4.79 Å². The molecule has 2 N–H and O–H groups in total. The zero-order chi connectivity index (χ0) is 14.2. The summed E-state index contributed by atoms with van der Waals surface area (Å²) in [7, 11) is 0. The van der Waals surface area contributed by atoms with Crippen LogP contribution in [0.5, 0.6) is 0 Å².